The molecule has 2 aromatic heterocycles. The van der Waals surface area contributed by atoms with Crippen LogP contribution in [0.5, 0.6) is 0 Å². The first kappa shape index (κ1) is 15.8. The van der Waals surface area contributed by atoms with Crippen LogP contribution in [-0.2, 0) is 6.18 Å². The number of hydrogen-bond acceptors (Lipinski definition) is 4. The molecule has 1 aliphatic heterocycles. The van der Waals surface area contributed by atoms with Crippen LogP contribution < -0.4 is 10.5 Å². The van der Waals surface area contributed by atoms with Crippen LogP contribution in [0.25, 0.3) is 5.82 Å². The lowest BCUT2D eigenvalue weighted by Gasteiger charge is -2.18. The number of aromatic nitrogens is 3. The highest BCUT2D eigenvalue weighted by molar-refractivity contribution is 6.33. The molecule has 0 atom stereocenters. The van der Waals surface area contributed by atoms with Gasteiger partial charge >= 0.3 is 6.18 Å². The summed E-state index contributed by atoms with van der Waals surface area (Å²) in [5.74, 6) is -0.0159. The van der Waals surface area contributed by atoms with E-state index in [0.717, 1.165) is 42.7 Å². The third-order valence-corrected chi connectivity index (χ3v) is 3.99. The molecule has 1 fully saturated rings. The van der Waals surface area contributed by atoms with Crippen LogP contribution in [-0.4, -0.2) is 27.9 Å². The lowest BCUT2D eigenvalue weighted by atomic mass is 10.3. The molecule has 3 rings (SSSR count). The number of pyridine rings is 1. The molecule has 23 heavy (non-hydrogen) atoms. The van der Waals surface area contributed by atoms with Crippen molar-refractivity contribution in [3.8, 4) is 5.82 Å². The predicted molar refractivity (Wildman–Crippen MR) is 79.1 cm³/mol. The lowest BCUT2D eigenvalue weighted by Crippen LogP contribution is -2.27. The van der Waals surface area contributed by atoms with Gasteiger partial charge in [-0.05, 0) is 25.0 Å². The smallest absolute Gasteiger partial charge is 0.369 e. The van der Waals surface area contributed by atoms with E-state index in [1.165, 1.54) is 6.20 Å². The normalized spacial score (nSPS) is 15.2. The van der Waals surface area contributed by atoms with Gasteiger partial charge in [-0.25, -0.2) is 4.98 Å². The minimum absolute atomic E-state index is 0.0106. The molecule has 0 radical (unpaired) electrons. The summed E-state index contributed by atoms with van der Waals surface area (Å²) in [6, 6.07) is 1.93. The van der Waals surface area contributed by atoms with Crippen molar-refractivity contribution in [3.63, 3.8) is 0 Å². The Balaban J connectivity index is 1.97. The van der Waals surface area contributed by atoms with E-state index in [1.807, 2.05) is 4.90 Å². The van der Waals surface area contributed by atoms with Gasteiger partial charge in [-0.2, -0.15) is 23.0 Å². The molecular weight excluding hydrogens is 333 g/mol. The SMILES string of the molecule is O=c1c(Cl)c(N2CCCC2)cnn1-c1ccc(C(F)(F)F)cn1. The van der Waals surface area contributed by atoms with Gasteiger partial charge < -0.3 is 4.90 Å². The molecule has 1 saturated heterocycles. The van der Waals surface area contributed by atoms with E-state index in [2.05, 4.69) is 10.1 Å². The average Bonchev–Trinajstić information content (AvgIpc) is 3.03. The number of rotatable bonds is 2. The van der Waals surface area contributed by atoms with Crippen molar-refractivity contribution < 1.29 is 13.2 Å². The fourth-order valence-corrected chi connectivity index (χ4v) is 2.69. The van der Waals surface area contributed by atoms with Gasteiger partial charge in [0, 0.05) is 19.3 Å². The summed E-state index contributed by atoms with van der Waals surface area (Å²) in [6.07, 6.45) is -0.360. The molecule has 0 spiro atoms. The summed E-state index contributed by atoms with van der Waals surface area (Å²) in [5, 5.41) is 3.97. The Morgan fingerprint density at radius 3 is 2.39 bits per heavy atom. The number of hydrogen-bond donors (Lipinski definition) is 0. The van der Waals surface area contributed by atoms with Crippen molar-refractivity contribution in [2.24, 2.45) is 0 Å². The van der Waals surface area contributed by atoms with Crippen LogP contribution in [0, 0.1) is 0 Å². The quantitative estimate of drug-likeness (QED) is 0.840. The number of alkyl halides is 3. The maximum absolute atomic E-state index is 12.5. The molecule has 122 valence electrons. The van der Waals surface area contributed by atoms with Crippen LogP contribution in [0.3, 0.4) is 0 Å². The van der Waals surface area contributed by atoms with Gasteiger partial charge in [0.2, 0.25) is 0 Å². The fourth-order valence-electron chi connectivity index (χ4n) is 2.44. The first-order valence-electron chi connectivity index (χ1n) is 6.94. The van der Waals surface area contributed by atoms with Gasteiger partial charge in [-0.3, -0.25) is 4.79 Å². The maximum atomic E-state index is 12.5. The highest BCUT2D eigenvalue weighted by Crippen LogP contribution is 2.29. The van der Waals surface area contributed by atoms with Crippen molar-refractivity contribution in [2.45, 2.75) is 19.0 Å². The second-order valence-corrected chi connectivity index (χ2v) is 5.54. The Morgan fingerprint density at radius 1 is 1.13 bits per heavy atom. The molecule has 0 unspecified atom stereocenters. The largest absolute Gasteiger partial charge is 0.417 e. The third kappa shape index (κ3) is 3.03. The Kier molecular flexibility index (Phi) is 4.01. The predicted octanol–water partition coefficient (Wildman–Crippen LogP) is 2.90. The second-order valence-electron chi connectivity index (χ2n) is 5.16. The Bertz CT molecular complexity index is 767. The lowest BCUT2D eigenvalue weighted by molar-refractivity contribution is -0.137. The van der Waals surface area contributed by atoms with Gasteiger partial charge in [-0.15, -0.1) is 0 Å². The summed E-state index contributed by atoms with van der Waals surface area (Å²) in [6.45, 7) is 1.59. The standard InChI is InChI=1S/C14H12ClF3N4O/c15-12-10(21-5-1-2-6-21)8-20-22(13(12)23)11-4-3-9(7-19-11)14(16,17)18/h3-4,7-8H,1-2,5-6H2. The van der Waals surface area contributed by atoms with E-state index >= 15 is 0 Å². The van der Waals surface area contributed by atoms with E-state index in [0.29, 0.717) is 11.9 Å². The van der Waals surface area contributed by atoms with Crippen molar-refractivity contribution in [1.82, 2.24) is 14.8 Å². The molecular formula is C14H12ClF3N4O. The maximum Gasteiger partial charge on any atom is 0.417 e. The number of anilines is 1. The number of halogens is 4. The molecule has 0 aliphatic carbocycles. The summed E-state index contributed by atoms with van der Waals surface area (Å²) < 4.78 is 38.5. The zero-order chi connectivity index (χ0) is 16.6. The van der Waals surface area contributed by atoms with Gasteiger partial charge in [0.05, 0.1) is 17.4 Å². The summed E-state index contributed by atoms with van der Waals surface area (Å²) in [7, 11) is 0. The molecule has 0 saturated carbocycles. The average molecular weight is 345 g/mol. The van der Waals surface area contributed by atoms with E-state index < -0.39 is 17.3 Å². The molecule has 3 heterocycles. The Hall–Kier alpha value is -2.09. The minimum atomic E-state index is -4.48. The van der Waals surface area contributed by atoms with Gasteiger partial charge in [0.1, 0.15) is 5.02 Å². The van der Waals surface area contributed by atoms with Crippen molar-refractivity contribution >= 4 is 17.3 Å². The highest BCUT2D eigenvalue weighted by Gasteiger charge is 2.30. The molecule has 0 aromatic carbocycles. The number of nitrogens with zero attached hydrogens (tertiary/aromatic N) is 4. The van der Waals surface area contributed by atoms with Crippen LogP contribution in [0.4, 0.5) is 18.9 Å². The van der Waals surface area contributed by atoms with Crippen molar-refractivity contribution in [3.05, 3.63) is 45.5 Å². The van der Waals surface area contributed by atoms with Crippen LogP contribution in [0.2, 0.25) is 5.02 Å². The van der Waals surface area contributed by atoms with Crippen molar-refractivity contribution in [2.75, 3.05) is 18.0 Å². The van der Waals surface area contributed by atoms with E-state index in [-0.39, 0.29) is 10.8 Å². The van der Waals surface area contributed by atoms with E-state index in [1.54, 1.807) is 0 Å². The second kappa shape index (κ2) is 5.84. The van der Waals surface area contributed by atoms with Crippen molar-refractivity contribution in [1.29, 1.82) is 0 Å². The summed E-state index contributed by atoms with van der Waals surface area (Å²) >= 11 is 6.11. The molecule has 0 N–H and O–H groups in total. The highest BCUT2D eigenvalue weighted by atomic mass is 35.5. The van der Waals surface area contributed by atoms with Crippen LogP contribution in [0.15, 0.2) is 29.3 Å². The third-order valence-electron chi connectivity index (χ3n) is 3.64. The van der Waals surface area contributed by atoms with E-state index in [4.69, 9.17) is 11.6 Å². The fraction of sp³-hybridized carbons (Fsp3) is 0.357. The van der Waals surface area contributed by atoms with Crippen LogP contribution >= 0.6 is 11.6 Å². The molecule has 5 nitrogen and oxygen atoms in total. The monoisotopic (exact) mass is 344 g/mol. The zero-order valence-corrected chi connectivity index (χ0v) is 12.6. The first-order chi connectivity index (χ1) is 10.9. The Morgan fingerprint density at radius 2 is 1.83 bits per heavy atom. The molecule has 9 heteroatoms. The minimum Gasteiger partial charge on any atom is -0.369 e. The molecule has 2 aromatic rings. The van der Waals surface area contributed by atoms with Gasteiger partial charge in [0.25, 0.3) is 5.56 Å². The Labute approximate surface area is 134 Å². The summed E-state index contributed by atoms with van der Waals surface area (Å²) in [4.78, 5) is 17.9. The first-order valence-corrected chi connectivity index (χ1v) is 7.32. The summed E-state index contributed by atoms with van der Waals surface area (Å²) in [5.41, 5.74) is -0.963. The topological polar surface area (TPSA) is 51.0 Å². The molecule has 1 aliphatic rings. The molecule has 0 amide bonds. The zero-order valence-electron chi connectivity index (χ0n) is 11.8. The van der Waals surface area contributed by atoms with E-state index in [9.17, 15) is 18.0 Å². The van der Waals surface area contributed by atoms with Gasteiger partial charge in [-0.1, -0.05) is 11.6 Å². The molecule has 0 bridgehead atoms. The van der Waals surface area contributed by atoms with Crippen LogP contribution in [0.1, 0.15) is 18.4 Å². The van der Waals surface area contributed by atoms with Gasteiger partial charge in [0.15, 0.2) is 5.82 Å².